The van der Waals surface area contributed by atoms with Crippen LogP contribution in [0, 0.1) is 0 Å². The third kappa shape index (κ3) is 2.85. The van der Waals surface area contributed by atoms with Crippen LogP contribution < -0.4 is 0 Å². The second kappa shape index (κ2) is 4.03. The summed E-state index contributed by atoms with van der Waals surface area (Å²) in [5.41, 5.74) is 0.642. The van der Waals surface area contributed by atoms with Gasteiger partial charge in [0, 0.05) is 0 Å². The Morgan fingerprint density at radius 3 is 2.67 bits per heavy atom. The topological polar surface area (TPSA) is 73.2 Å². The molecule has 0 bridgehead atoms. The van der Waals surface area contributed by atoms with Crippen LogP contribution in [0.3, 0.4) is 0 Å². The van der Waals surface area contributed by atoms with Crippen LogP contribution in [-0.2, 0) is 11.4 Å². The maximum Gasteiger partial charge on any atom is 0.115 e. The van der Waals surface area contributed by atoms with Gasteiger partial charge < -0.3 is 5.11 Å². The molecule has 0 aliphatic heterocycles. The van der Waals surface area contributed by atoms with Crippen LogP contribution in [0.25, 0.3) is 0 Å². The Labute approximate surface area is 68.9 Å². The molecule has 66 valence electrons. The van der Waals surface area contributed by atoms with Crippen molar-refractivity contribution in [2.24, 2.45) is 0 Å². The molecule has 0 aliphatic carbocycles. The van der Waals surface area contributed by atoms with E-state index in [4.69, 9.17) is 15.5 Å². The summed E-state index contributed by atoms with van der Waals surface area (Å²) in [5, 5.41) is 25.0. The lowest BCUT2D eigenvalue weighted by atomic mass is 10.2. The molecule has 0 atom stereocenters. The standard InChI is InChI=1S/C7H9NO4/c9-7-3-1-2-6(4-7)5-12-8(10)11/h1-4,9-11H,5H2. The molecule has 1 aromatic carbocycles. The van der Waals surface area contributed by atoms with Crippen molar-refractivity contribution < 1.29 is 20.4 Å². The van der Waals surface area contributed by atoms with E-state index >= 15 is 0 Å². The average Bonchev–Trinajstić information content (AvgIpc) is 2.01. The van der Waals surface area contributed by atoms with Crippen LogP contribution in [0.1, 0.15) is 5.56 Å². The molecule has 0 aromatic heterocycles. The number of benzene rings is 1. The monoisotopic (exact) mass is 171 g/mol. The molecule has 0 unspecified atom stereocenters. The molecule has 0 heterocycles. The van der Waals surface area contributed by atoms with Gasteiger partial charge in [-0.1, -0.05) is 12.1 Å². The highest BCUT2D eigenvalue weighted by Gasteiger charge is 1.97. The molecule has 0 spiro atoms. The lowest BCUT2D eigenvalue weighted by molar-refractivity contribution is -0.497. The summed E-state index contributed by atoms with van der Waals surface area (Å²) in [5.74, 6) is 0.110. The van der Waals surface area contributed by atoms with Crippen molar-refractivity contribution in [1.82, 2.24) is 5.39 Å². The van der Waals surface area contributed by atoms with Crippen molar-refractivity contribution in [2.45, 2.75) is 6.61 Å². The van der Waals surface area contributed by atoms with E-state index in [-0.39, 0.29) is 17.7 Å². The molecule has 0 radical (unpaired) electrons. The summed E-state index contributed by atoms with van der Waals surface area (Å²) in [6.45, 7) is -0.0125. The van der Waals surface area contributed by atoms with Crippen molar-refractivity contribution >= 4 is 0 Å². The first kappa shape index (κ1) is 8.95. The Morgan fingerprint density at radius 2 is 2.08 bits per heavy atom. The van der Waals surface area contributed by atoms with E-state index in [1.165, 1.54) is 12.1 Å². The number of hydrogen-bond acceptors (Lipinski definition) is 5. The predicted octanol–water partition coefficient (Wildman–Crippen LogP) is 0.904. The van der Waals surface area contributed by atoms with Crippen molar-refractivity contribution in [3.05, 3.63) is 29.8 Å². The van der Waals surface area contributed by atoms with Crippen LogP contribution in [0.15, 0.2) is 24.3 Å². The summed E-state index contributed by atoms with van der Waals surface area (Å²) in [6.07, 6.45) is 0. The predicted molar refractivity (Wildman–Crippen MR) is 38.3 cm³/mol. The third-order valence-electron chi connectivity index (χ3n) is 1.26. The van der Waals surface area contributed by atoms with Crippen molar-refractivity contribution in [3.63, 3.8) is 0 Å². The third-order valence-corrected chi connectivity index (χ3v) is 1.26. The van der Waals surface area contributed by atoms with Gasteiger partial charge in [0.15, 0.2) is 0 Å². The fourth-order valence-electron chi connectivity index (χ4n) is 0.779. The first-order chi connectivity index (χ1) is 5.68. The molecule has 5 heteroatoms. The Bertz CT molecular complexity index is 251. The van der Waals surface area contributed by atoms with Crippen LogP contribution in [0.2, 0.25) is 0 Å². The van der Waals surface area contributed by atoms with Gasteiger partial charge in [-0.15, -0.1) is 0 Å². The van der Waals surface area contributed by atoms with E-state index in [1.807, 2.05) is 0 Å². The highest BCUT2D eigenvalue weighted by atomic mass is 17.1. The van der Waals surface area contributed by atoms with Gasteiger partial charge in [-0.25, -0.2) is 4.84 Å². The number of rotatable bonds is 3. The van der Waals surface area contributed by atoms with Gasteiger partial charge in [0.05, 0.1) is 12.0 Å². The van der Waals surface area contributed by atoms with Gasteiger partial charge in [-0.05, 0) is 17.7 Å². The maximum absolute atomic E-state index is 8.98. The Kier molecular flexibility index (Phi) is 3.01. The van der Waals surface area contributed by atoms with Crippen LogP contribution in [0.4, 0.5) is 0 Å². The minimum absolute atomic E-state index is 0.0125. The molecule has 5 nitrogen and oxygen atoms in total. The number of phenols is 1. The van der Waals surface area contributed by atoms with Gasteiger partial charge in [-0.2, -0.15) is 0 Å². The molecule has 0 saturated heterocycles. The van der Waals surface area contributed by atoms with E-state index in [1.54, 1.807) is 12.1 Å². The van der Waals surface area contributed by atoms with Crippen molar-refractivity contribution in [1.29, 1.82) is 0 Å². The maximum atomic E-state index is 8.98. The van der Waals surface area contributed by atoms with Crippen molar-refractivity contribution in [2.75, 3.05) is 0 Å². The van der Waals surface area contributed by atoms with Gasteiger partial charge in [-0.3, -0.25) is 10.4 Å². The number of nitrogens with zero attached hydrogens (tertiary/aromatic N) is 1. The van der Waals surface area contributed by atoms with Gasteiger partial charge in [0.25, 0.3) is 0 Å². The molecule has 12 heavy (non-hydrogen) atoms. The highest BCUT2D eigenvalue weighted by Crippen LogP contribution is 2.11. The van der Waals surface area contributed by atoms with Gasteiger partial charge in [0.2, 0.25) is 0 Å². The zero-order valence-electron chi connectivity index (χ0n) is 6.21. The van der Waals surface area contributed by atoms with E-state index in [0.717, 1.165) is 0 Å². The minimum Gasteiger partial charge on any atom is -0.508 e. The lowest BCUT2D eigenvalue weighted by Crippen LogP contribution is -2.13. The van der Waals surface area contributed by atoms with Gasteiger partial charge in [0.1, 0.15) is 5.75 Å². The zero-order valence-corrected chi connectivity index (χ0v) is 6.21. The summed E-state index contributed by atoms with van der Waals surface area (Å²) in [7, 11) is 0. The fourth-order valence-corrected chi connectivity index (χ4v) is 0.779. The lowest BCUT2D eigenvalue weighted by Gasteiger charge is -2.05. The largest absolute Gasteiger partial charge is 0.508 e. The number of hydrogen-bond donors (Lipinski definition) is 3. The molecule has 0 amide bonds. The minimum atomic E-state index is -0.371. The highest BCUT2D eigenvalue weighted by molar-refractivity contribution is 5.26. The summed E-state index contributed by atoms with van der Waals surface area (Å²) < 4.78 is 0. The van der Waals surface area contributed by atoms with Crippen LogP contribution in [0.5, 0.6) is 5.75 Å². The zero-order chi connectivity index (χ0) is 8.97. The van der Waals surface area contributed by atoms with Crippen LogP contribution >= 0.6 is 0 Å². The first-order valence-corrected chi connectivity index (χ1v) is 3.27. The normalized spacial score (nSPS) is 10.6. The molecule has 0 saturated carbocycles. The van der Waals surface area contributed by atoms with Crippen molar-refractivity contribution in [3.8, 4) is 5.75 Å². The summed E-state index contributed by atoms with van der Waals surface area (Å²) in [4.78, 5) is 4.32. The van der Waals surface area contributed by atoms with E-state index < -0.39 is 0 Å². The van der Waals surface area contributed by atoms with E-state index in [0.29, 0.717) is 5.56 Å². The molecule has 0 aliphatic rings. The van der Waals surface area contributed by atoms with Crippen LogP contribution in [-0.4, -0.2) is 20.9 Å². The molecular weight excluding hydrogens is 162 g/mol. The number of phenolic OH excluding ortho intramolecular Hbond substituents is 1. The SMILES string of the molecule is Oc1cccc(CON(O)O)c1. The smallest absolute Gasteiger partial charge is 0.115 e. The second-order valence-corrected chi connectivity index (χ2v) is 2.20. The Morgan fingerprint density at radius 1 is 1.33 bits per heavy atom. The Hall–Kier alpha value is -1.14. The first-order valence-electron chi connectivity index (χ1n) is 3.27. The quantitative estimate of drug-likeness (QED) is 0.589. The molecule has 3 N–H and O–H groups in total. The Balaban J connectivity index is 2.52. The molecule has 1 rings (SSSR count). The average molecular weight is 171 g/mol. The summed E-state index contributed by atoms with van der Waals surface area (Å²) >= 11 is 0. The van der Waals surface area contributed by atoms with Gasteiger partial charge >= 0.3 is 0 Å². The summed E-state index contributed by atoms with van der Waals surface area (Å²) in [6, 6.07) is 6.29. The molecular formula is C7H9NO4. The van der Waals surface area contributed by atoms with E-state index in [9.17, 15) is 0 Å². The second-order valence-electron chi connectivity index (χ2n) is 2.20. The molecule has 0 fully saturated rings. The fraction of sp³-hybridized carbons (Fsp3) is 0.143. The molecule has 1 aromatic rings. The van der Waals surface area contributed by atoms with E-state index in [2.05, 4.69) is 4.84 Å². The number of aromatic hydroxyl groups is 1.